The minimum Gasteiger partial charge on any atom is -0.378 e. The van der Waals surface area contributed by atoms with Crippen molar-refractivity contribution in [2.45, 2.75) is 6.04 Å². The molecule has 1 amide bonds. The first-order valence-corrected chi connectivity index (χ1v) is 5.24. The molecule has 0 spiro atoms. The Kier molecular flexibility index (Phi) is 5.46. The molecule has 100 valence electrons. The van der Waals surface area contributed by atoms with Crippen LogP contribution in [0.4, 0.5) is 14.5 Å². The van der Waals surface area contributed by atoms with Crippen molar-refractivity contribution in [1.29, 1.82) is 0 Å². The average molecular weight is 279 g/mol. The Morgan fingerprint density at radius 1 is 1.44 bits per heavy atom. The van der Waals surface area contributed by atoms with Gasteiger partial charge in [-0.1, -0.05) is 0 Å². The van der Waals surface area contributed by atoms with Gasteiger partial charge in [-0.15, -0.1) is 12.4 Å². The molecule has 18 heavy (non-hydrogen) atoms. The number of nitrogens with one attached hydrogen (secondary N) is 2. The van der Waals surface area contributed by atoms with E-state index in [1.165, 1.54) is 6.07 Å². The third-order valence-corrected chi connectivity index (χ3v) is 2.43. The third-order valence-electron chi connectivity index (χ3n) is 2.43. The van der Waals surface area contributed by atoms with Crippen LogP contribution in [-0.2, 0) is 9.53 Å². The molecule has 1 aliphatic heterocycles. The predicted molar refractivity (Wildman–Crippen MR) is 64.8 cm³/mol. The molecule has 1 fully saturated rings. The van der Waals surface area contributed by atoms with Gasteiger partial charge >= 0.3 is 0 Å². The van der Waals surface area contributed by atoms with E-state index in [1.54, 1.807) is 0 Å². The van der Waals surface area contributed by atoms with Gasteiger partial charge in [0.05, 0.1) is 18.9 Å². The normalized spacial score (nSPS) is 18.9. The second-order valence-electron chi connectivity index (χ2n) is 3.70. The summed E-state index contributed by atoms with van der Waals surface area (Å²) < 4.78 is 31.0. The van der Waals surface area contributed by atoms with Gasteiger partial charge in [-0.25, -0.2) is 8.78 Å². The van der Waals surface area contributed by atoms with Crippen LogP contribution in [0.1, 0.15) is 0 Å². The van der Waals surface area contributed by atoms with Crippen molar-refractivity contribution in [1.82, 2.24) is 5.32 Å². The Bertz CT molecular complexity index is 426. The predicted octanol–water partition coefficient (Wildman–Crippen LogP) is 1.31. The summed E-state index contributed by atoms with van der Waals surface area (Å²) in [6.45, 7) is 1.37. The highest BCUT2D eigenvalue weighted by molar-refractivity contribution is 5.95. The number of amides is 1. The molecule has 1 saturated heterocycles. The third kappa shape index (κ3) is 3.63. The molecule has 0 aliphatic carbocycles. The Morgan fingerprint density at radius 2 is 2.22 bits per heavy atom. The van der Waals surface area contributed by atoms with Crippen LogP contribution in [-0.4, -0.2) is 31.7 Å². The summed E-state index contributed by atoms with van der Waals surface area (Å²) in [5, 5.41) is 5.32. The number of hydrogen-bond donors (Lipinski definition) is 2. The summed E-state index contributed by atoms with van der Waals surface area (Å²) in [4.78, 5) is 11.7. The highest BCUT2D eigenvalue weighted by atomic mass is 35.5. The summed E-state index contributed by atoms with van der Waals surface area (Å²) in [5.41, 5.74) is -0.0382. The molecule has 1 aromatic rings. The highest BCUT2D eigenvalue weighted by Crippen LogP contribution is 2.15. The molecule has 2 N–H and O–H groups in total. The van der Waals surface area contributed by atoms with Crippen LogP contribution in [0.5, 0.6) is 0 Å². The molecule has 1 atom stereocenters. The van der Waals surface area contributed by atoms with E-state index in [4.69, 9.17) is 4.74 Å². The first kappa shape index (κ1) is 14.8. The minimum atomic E-state index is -0.796. The number of benzene rings is 1. The fourth-order valence-electron chi connectivity index (χ4n) is 1.54. The fourth-order valence-corrected chi connectivity index (χ4v) is 1.54. The first-order valence-electron chi connectivity index (χ1n) is 5.24. The Morgan fingerprint density at radius 3 is 2.83 bits per heavy atom. The molecule has 0 bridgehead atoms. The van der Waals surface area contributed by atoms with E-state index in [2.05, 4.69) is 10.6 Å². The van der Waals surface area contributed by atoms with Gasteiger partial charge in [0.2, 0.25) is 5.91 Å². The maximum atomic E-state index is 13.3. The molecule has 1 unspecified atom stereocenters. The fraction of sp³-hybridized carbons (Fsp3) is 0.364. The SMILES string of the molecule is Cl.O=C(Nc1ccc(F)cc1F)C1COCCN1. The van der Waals surface area contributed by atoms with Gasteiger partial charge in [0.15, 0.2) is 0 Å². The van der Waals surface area contributed by atoms with E-state index < -0.39 is 23.6 Å². The lowest BCUT2D eigenvalue weighted by Gasteiger charge is -2.22. The number of rotatable bonds is 2. The molecule has 0 saturated carbocycles. The highest BCUT2D eigenvalue weighted by Gasteiger charge is 2.21. The van der Waals surface area contributed by atoms with Crippen LogP contribution in [0.15, 0.2) is 18.2 Å². The van der Waals surface area contributed by atoms with Crippen LogP contribution >= 0.6 is 12.4 Å². The largest absolute Gasteiger partial charge is 0.378 e. The molecular weight excluding hydrogens is 266 g/mol. The lowest BCUT2D eigenvalue weighted by Crippen LogP contribution is -2.48. The molecule has 0 aromatic heterocycles. The van der Waals surface area contributed by atoms with Crippen LogP contribution in [0.2, 0.25) is 0 Å². The van der Waals surface area contributed by atoms with Gasteiger partial charge in [-0.2, -0.15) is 0 Å². The van der Waals surface area contributed by atoms with Gasteiger partial charge in [-0.05, 0) is 12.1 Å². The lowest BCUT2D eigenvalue weighted by molar-refractivity contribution is -0.120. The maximum Gasteiger partial charge on any atom is 0.243 e. The molecule has 1 aliphatic rings. The molecule has 1 aromatic carbocycles. The van der Waals surface area contributed by atoms with Gasteiger partial charge in [0, 0.05) is 12.6 Å². The first-order chi connectivity index (χ1) is 8.16. The monoisotopic (exact) mass is 278 g/mol. The minimum absolute atomic E-state index is 0. The smallest absolute Gasteiger partial charge is 0.243 e. The Labute approximate surface area is 109 Å². The van der Waals surface area contributed by atoms with E-state index in [0.717, 1.165) is 12.1 Å². The molecule has 7 heteroatoms. The van der Waals surface area contributed by atoms with Crippen LogP contribution in [0.3, 0.4) is 0 Å². The van der Waals surface area contributed by atoms with Crippen molar-refractivity contribution >= 4 is 24.0 Å². The molecule has 1 heterocycles. The number of ether oxygens (including phenoxy) is 1. The second-order valence-corrected chi connectivity index (χ2v) is 3.70. The summed E-state index contributed by atoms with van der Waals surface area (Å²) in [6, 6.07) is 2.49. The van der Waals surface area contributed by atoms with Crippen molar-refractivity contribution in [3.8, 4) is 0 Å². The van der Waals surface area contributed by atoms with Gasteiger partial charge in [-0.3, -0.25) is 4.79 Å². The molecule has 0 radical (unpaired) electrons. The Hall–Kier alpha value is -1.24. The number of halogens is 3. The van der Waals surface area contributed by atoms with Crippen molar-refractivity contribution in [3.63, 3.8) is 0 Å². The zero-order valence-electron chi connectivity index (χ0n) is 9.41. The summed E-state index contributed by atoms with van der Waals surface area (Å²) >= 11 is 0. The topological polar surface area (TPSA) is 50.4 Å². The number of carbonyl (C=O) groups excluding carboxylic acids is 1. The van der Waals surface area contributed by atoms with E-state index in [-0.39, 0.29) is 24.7 Å². The van der Waals surface area contributed by atoms with E-state index in [9.17, 15) is 13.6 Å². The number of anilines is 1. The summed E-state index contributed by atoms with van der Waals surface area (Å²) in [7, 11) is 0. The number of morpholine rings is 1. The molecule has 2 rings (SSSR count). The zero-order chi connectivity index (χ0) is 12.3. The summed E-state index contributed by atoms with van der Waals surface area (Å²) in [6.07, 6.45) is 0. The van der Waals surface area contributed by atoms with Gasteiger partial charge in [0.1, 0.15) is 17.7 Å². The lowest BCUT2D eigenvalue weighted by atomic mass is 10.2. The molecule has 4 nitrogen and oxygen atoms in total. The number of hydrogen-bond acceptors (Lipinski definition) is 3. The van der Waals surface area contributed by atoms with Gasteiger partial charge < -0.3 is 15.4 Å². The van der Waals surface area contributed by atoms with Crippen molar-refractivity contribution in [2.24, 2.45) is 0 Å². The van der Waals surface area contributed by atoms with Crippen molar-refractivity contribution < 1.29 is 18.3 Å². The van der Waals surface area contributed by atoms with E-state index in [0.29, 0.717) is 13.2 Å². The van der Waals surface area contributed by atoms with Crippen molar-refractivity contribution in [3.05, 3.63) is 29.8 Å². The van der Waals surface area contributed by atoms with Crippen LogP contribution < -0.4 is 10.6 Å². The summed E-state index contributed by atoms with van der Waals surface area (Å²) in [5.74, 6) is -1.87. The maximum absolute atomic E-state index is 13.3. The van der Waals surface area contributed by atoms with Gasteiger partial charge in [0.25, 0.3) is 0 Å². The zero-order valence-corrected chi connectivity index (χ0v) is 10.2. The second kappa shape index (κ2) is 6.63. The average Bonchev–Trinajstić information content (AvgIpc) is 2.34. The molecular formula is C11H13ClF2N2O2. The van der Waals surface area contributed by atoms with Crippen LogP contribution in [0, 0.1) is 11.6 Å². The van der Waals surface area contributed by atoms with Crippen LogP contribution in [0.25, 0.3) is 0 Å². The standard InChI is InChI=1S/C11H12F2N2O2.ClH/c12-7-1-2-9(8(13)5-7)15-11(16)10-6-17-4-3-14-10;/h1-2,5,10,14H,3-4,6H2,(H,15,16);1H. The quantitative estimate of drug-likeness (QED) is 0.858. The van der Waals surface area contributed by atoms with Crippen molar-refractivity contribution in [2.75, 3.05) is 25.1 Å². The van der Waals surface area contributed by atoms with E-state index in [1.807, 2.05) is 0 Å². The number of carbonyl (C=O) groups is 1. The van der Waals surface area contributed by atoms with E-state index >= 15 is 0 Å². The Balaban J connectivity index is 0.00000162.